The van der Waals surface area contributed by atoms with E-state index in [4.69, 9.17) is 16.1 Å². The van der Waals surface area contributed by atoms with Crippen LogP contribution in [0, 0.1) is 13.8 Å². The molecule has 0 radical (unpaired) electrons. The molecule has 8 heteroatoms. The van der Waals surface area contributed by atoms with Crippen molar-refractivity contribution in [3.8, 4) is 11.4 Å². The molecule has 3 aromatic rings. The number of carbonyl (C=O) groups excluding carboxylic acids is 2. The van der Waals surface area contributed by atoms with E-state index in [9.17, 15) is 9.59 Å². The maximum atomic E-state index is 12.7. The number of nitrogens with zero attached hydrogens (tertiary/aromatic N) is 4. The van der Waals surface area contributed by atoms with E-state index in [1.807, 2.05) is 32.0 Å². The molecule has 1 saturated heterocycles. The Kier molecular flexibility index (Phi) is 5.07. The van der Waals surface area contributed by atoms with Crippen LogP contribution in [0.4, 0.5) is 5.69 Å². The van der Waals surface area contributed by atoms with Crippen LogP contribution in [-0.4, -0.2) is 39.9 Å². The van der Waals surface area contributed by atoms with Crippen LogP contribution >= 0.6 is 11.6 Å². The monoisotopic (exact) mass is 410 g/mol. The third-order valence-electron chi connectivity index (χ3n) is 4.72. The first kappa shape index (κ1) is 19.1. The number of aromatic nitrogens is 2. The highest BCUT2D eigenvalue weighted by Crippen LogP contribution is 2.23. The van der Waals surface area contributed by atoms with Crippen molar-refractivity contribution in [1.82, 2.24) is 15.0 Å². The van der Waals surface area contributed by atoms with Crippen LogP contribution in [0.3, 0.4) is 0 Å². The van der Waals surface area contributed by atoms with Crippen molar-refractivity contribution in [3.63, 3.8) is 0 Å². The molecule has 2 heterocycles. The molecule has 1 fully saturated rings. The lowest BCUT2D eigenvalue weighted by Crippen LogP contribution is -2.54. The van der Waals surface area contributed by atoms with Gasteiger partial charge in [-0.25, -0.2) is 0 Å². The Labute approximate surface area is 172 Å². The van der Waals surface area contributed by atoms with Gasteiger partial charge in [-0.1, -0.05) is 22.8 Å². The number of rotatable bonds is 4. The van der Waals surface area contributed by atoms with Crippen LogP contribution in [0.15, 0.2) is 47.0 Å². The van der Waals surface area contributed by atoms with Crippen molar-refractivity contribution in [2.75, 3.05) is 18.0 Å². The molecule has 0 spiro atoms. The summed E-state index contributed by atoms with van der Waals surface area (Å²) < 4.78 is 5.27. The summed E-state index contributed by atoms with van der Waals surface area (Å²) in [5.74, 6) is -0.458. The third-order valence-corrected chi connectivity index (χ3v) is 4.98. The van der Waals surface area contributed by atoms with Gasteiger partial charge >= 0.3 is 11.8 Å². The molecule has 7 nitrogen and oxygen atoms in total. The Morgan fingerprint density at radius 1 is 1.00 bits per heavy atom. The van der Waals surface area contributed by atoms with E-state index in [1.165, 1.54) is 9.80 Å². The fourth-order valence-electron chi connectivity index (χ4n) is 3.38. The van der Waals surface area contributed by atoms with Gasteiger partial charge in [0, 0.05) is 29.4 Å². The fourth-order valence-corrected chi connectivity index (χ4v) is 3.50. The number of carbonyl (C=O) groups is 2. The number of benzene rings is 2. The molecule has 0 saturated carbocycles. The molecule has 0 bridgehead atoms. The second-order valence-corrected chi connectivity index (χ2v) is 7.48. The Morgan fingerprint density at radius 3 is 2.38 bits per heavy atom. The van der Waals surface area contributed by atoms with Gasteiger partial charge < -0.3 is 14.3 Å². The van der Waals surface area contributed by atoms with Crippen molar-refractivity contribution >= 4 is 29.1 Å². The summed E-state index contributed by atoms with van der Waals surface area (Å²) in [5.41, 5.74) is 3.58. The SMILES string of the molecule is Cc1cc(C)cc(N2CCN(Cc3nc(-c4ccc(Cl)cc4)no3)C(=O)C2=O)c1. The predicted molar refractivity (Wildman–Crippen MR) is 108 cm³/mol. The highest BCUT2D eigenvalue weighted by Gasteiger charge is 2.34. The maximum absolute atomic E-state index is 12.7. The lowest BCUT2D eigenvalue weighted by atomic mass is 10.1. The molecule has 0 unspecified atom stereocenters. The van der Waals surface area contributed by atoms with E-state index in [0.29, 0.717) is 23.9 Å². The lowest BCUT2D eigenvalue weighted by Gasteiger charge is -2.33. The first-order chi connectivity index (χ1) is 13.9. The first-order valence-corrected chi connectivity index (χ1v) is 9.56. The average Bonchev–Trinajstić information content (AvgIpc) is 3.14. The number of aryl methyl sites for hydroxylation is 2. The Balaban J connectivity index is 1.47. The van der Waals surface area contributed by atoms with Crippen molar-refractivity contribution < 1.29 is 14.1 Å². The van der Waals surface area contributed by atoms with Gasteiger partial charge in [0.25, 0.3) is 0 Å². The molecule has 4 rings (SSSR count). The Bertz CT molecular complexity index is 1060. The minimum atomic E-state index is -0.582. The van der Waals surface area contributed by atoms with Crippen LogP contribution in [0.25, 0.3) is 11.4 Å². The summed E-state index contributed by atoms with van der Waals surface area (Å²) in [5, 5.41) is 4.56. The smallest absolute Gasteiger partial charge is 0.316 e. The van der Waals surface area contributed by atoms with Gasteiger partial charge in [-0.05, 0) is 61.4 Å². The van der Waals surface area contributed by atoms with Gasteiger partial charge in [0.05, 0.1) is 0 Å². The van der Waals surface area contributed by atoms with Gasteiger partial charge in [0.15, 0.2) is 0 Å². The van der Waals surface area contributed by atoms with Gasteiger partial charge in [-0.15, -0.1) is 0 Å². The molecule has 29 heavy (non-hydrogen) atoms. The van der Waals surface area contributed by atoms with E-state index in [2.05, 4.69) is 10.1 Å². The number of piperazine rings is 1. The number of hydrogen-bond donors (Lipinski definition) is 0. The molecule has 0 aliphatic carbocycles. The molecule has 0 N–H and O–H groups in total. The number of halogens is 1. The largest absolute Gasteiger partial charge is 0.337 e. The standard InChI is InChI=1S/C21H19ClN4O3/c1-13-9-14(2)11-17(10-13)26-8-7-25(20(27)21(26)28)12-18-23-19(24-29-18)15-3-5-16(22)6-4-15/h3-6,9-11H,7-8,12H2,1-2H3. The van der Waals surface area contributed by atoms with Crippen molar-refractivity contribution in [2.45, 2.75) is 20.4 Å². The minimum absolute atomic E-state index is 0.0891. The first-order valence-electron chi connectivity index (χ1n) is 9.18. The lowest BCUT2D eigenvalue weighted by molar-refractivity contribution is -0.146. The van der Waals surface area contributed by atoms with Gasteiger partial charge in [-0.3, -0.25) is 9.59 Å². The molecule has 1 aliphatic rings. The normalized spacial score (nSPS) is 14.6. The minimum Gasteiger partial charge on any atom is -0.337 e. The number of amides is 2. The molecule has 1 aliphatic heterocycles. The molecule has 2 amide bonds. The van der Waals surface area contributed by atoms with Crippen LogP contribution < -0.4 is 4.90 Å². The zero-order chi connectivity index (χ0) is 20.5. The summed E-state index contributed by atoms with van der Waals surface area (Å²) in [4.78, 5) is 32.6. The van der Waals surface area contributed by atoms with Crippen LogP contribution in [0.5, 0.6) is 0 Å². The Morgan fingerprint density at radius 2 is 1.69 bits per heavy atom. The Hall–Kier alpha value is -3.19. The van der Waals surface area contributed by atoms with E-state index < -0.39 is 11.8 Å². The summed E-state index contributed by atoms with van der Waals surface area (Å²) in [7, 11) is 0. The molecule has 0 atom stereocenters. The zero-order valence-corrected chi connectivity index (χ0v) is 16.8. The van der Waals surface area contributed by atoms with Crippen molar-refractivity contribution in [3.05, 3.63) is 64.5 Å². The van der Waals surface area contributed by atoms with E-state index in [-0.39, 0.29) is 12.4 Å². The molecule has 1 aromatic heterocycles. The second-order valence-electron chi connectivity index (χ2n) is 7.05. The molecule has 148 valence electrons. The molecular formula is C21H19ClN4O3. The topological polar surface area (TPSA) is 79.5 Å². The van der Waals surface area contributed by atoms with E-state index in [0.717, 1.165) is 22.4 Å². The van der Waals surface area contributed by atoms with Gasteiger partial charge in [0.1, 0.15) is 6.54 Å². The average molecular weight is 411 g/mol. The van der Waals surface area contributed by atoms with Crippen LogP contribution in [0.2, 0.25) is 5.02 Å². The zero-order valence-electron chi connectivity index (χ0n) is 16.1. The molecular weight excluding hydrogens is 392 g/mol. The second kappa shape index (κ2) is 7.67. The number of hydrogen-bond acceptors (Lipinski definition) is 5. The highest BCUT2D eigenvalue weighted by molar-refractivity contribution is 6.40. The van der Waals surface area contributed by atoms with Crippen LogP contribution in [0.1, 0.15) is 17.0 Å². The summed E-state index contributed by atoms with van der Waals surface area (Å²) in [6.45, 7) is 4.81. The third kappa shape index (κ3) is 4.00. The summed E-state index contributed by atoms with van der Waals surface area (Å²) in [6.07, 6.45) is 0. The summed E-state index contributed by atoms with van der Waals surface area (Å²) >= 11 is 5.89. The van der Waals surface area contributed by atoms with E-state index >= 15 is 0 Å². The van der Waals surface area contributed by atoms with Gasteiger partial charge in [0.2, 0.25) is 11.7 Å². The summed E-state index contributed by atoms with van der Waals surface area (Å²) in [6, 6.07) is 12.9. The fraction of sp³-hybridized carbons (Fsp3) is 0.238. The van der Waals surface area contributed by atoms with Crippen molar-refractivity contribution in [2.24, 2.45) is 0 Å². The predicted octanol–water partition coefficient (Wildman–Crippen LogP) is 3.38. The molecule has 2 aromatic carbocycles. The maximum Gasteiger partial charge on any atom is 0.316 e. The van der Waals surface area contributed by atoms with E-state index in [1.54, 1.807) is 24.3 Å². The number of anilines is 1. The highest BCUT2D eigenvalue weighted by atomic mass is 35.5. The van der Waals surface area contributed by atoms with Crippen molar-refractivity contribution in [1.29, 1.82) is 0 Å². The van der Waals surface area contributed by atoms with Gasteiger partial charge in [-0.2, -0.15) is 4.98 Å². The van der Waals surface area contributed by atoms with Crippen LogP contribution in [-0.2, 0) is 16.1 Å². The quantitative estimate of drug-likeness (QED) is 0.616.